The number of rotatable bonds is 3. The molecule has 0 bridgehead atoms. The Bertz CT molecular complexity index is 641. The Morgan fingerprint density at radius 3 is 2.45 bits per heavy atom. The SMILES string of the molecule is CC(C)c1nc(N)c(CN)c(-c2ccc(Cl)cc2Cl)n1. The van der Waals surface area contributed by atoms with Gasteiger partial charge in [0.15, 0.2) is 0 Å². The van der Waals surface area contributed by atoms with Gasteiger partial charge in [-0.25, -0.2) is 9.97 Å². The van der Waals surface area contributed by atoms with E-state index in [9.17, 15) is 0 Å². The molecule has 0 atom stereocenters. The summed E-state index contributed by atoms with van der Waals surface area (Å²) in [6.45, 7) is 4.26. The molecule has 0 aliphatic carbocycles. The number of halogens is 2. The zero-order valence-electron chi connectivity index (χ0n) is 11.3. The molecule has 20 heavy (non-hydrogen) atoms. The highest BCUT2D eigenvalue weighted by atomic mass is 35.5. The fourth-order valence-electron chi connectivity index (χ4n) is 1.88. The Hall–Kier alpha value is -1.36. The first-order chi connectivity index (χ1) is 9.43. The number of anilines is 1. The Kier molecular flexibility index (Phi) is 4.48. The topological polar surface area (TPSA) is 77.8 Å². The average molecular weight is 311 g/mol. The largest absolute Gasteiger partial charge is 0.383 e. The molecule has 0 aliphatic heterocycles. The van der Waals surface area contributed by atoms with Gasteiger partial charge >= 0.3 is 0 Å². The van der Waals surface area contributed by atoms with Crippen molar-refractivity contribution in [1.29, 1.82) is 0 Å². The molecule has 0 amide bonds. The lowest BCUT2D eigenvalue weighted by Crippen LogP contribution is -2.11. The van der Waals surface area contributed by atoms with Crippen LogP contribution in [0.3, 0.4) is 0 Å². The highest BCUT2D eigenvalue weighted by molar-refractivity contribution is 6.36. The van der Waals surface area contributed by atoms with Crippen LogP contribution in [0.15, 0.2) is 18.2 Å². The van der Waals surface area contributed by atoms with E-state index in [4.69, 9.17) is 34.7 Å². The molecule has 0 unspecified atom stereocenters. The van der Waals surface area contributed by atoms with Gasteiger partial charge in [0, 0.05) is 28.6 Å². The van der Waals surface area contributed by atoms with Crippen LogP contribution in [0.25, 0.3) is 11.3 Å². The molecule has 2 rings (SSSR count). The van der Waals surface area contributed by atoms with Gasteiger partial charge in [-0.1, -0.05) is 37.0 Å². The molecule has 2 aromatic rings. The van der Waals surface area contributed by atoms with Crippen LogP contribution in [0.4, 0.5) is 5.82 Å². The van der Waals surface area contributed by atoms with Crippen LogP contribution in [0, 0.1) is 0 Å². The second-order valence-corrected chi connectivity index (χ2v) is 5.62. The van der Waals surface area contributed by atoms with Crippen molar-refractivity contribution in [3.05, 3.63) is 39.6 Å². The van der Waals surface area contributed by atoms with Crippen LogP contribution in [0.5, 0.6) is 0 Å². The van der Waals surface area contributed by atoms with Gasteiger partial charge in [-0.2, -0.15) is 0 Å². The molecule has 6 heteroatoms. The number of benzene rings is 1. The first-order valence-corrected chi connectivity index (χ1v) is 7.01. The minimum absolute atomic E-state index is 0.161. The minimum atomic E-state index is 0.161. The number of nitrogen functional groups attached to an aromatic ring is 1. The molecule has 4 nitrogen and oxygen atoms in total. The van der Waals surface area contributed by atoms with Gasteiger partial charge < -0.3 is 11.5 Å². The first kappa shape index (κ1) is 15.0. The third kappa shape index (κ3) is 2.87. The lowest BCUT2D eigenvalue weighted by molar-refractivity contribution is 0.773. The summed E-state index contributed by atoms with van der Waals surface area (Å²) in [6.07, 6.45) is 0. The van der Waals surface area contributed by atoms with E-state index in [2.05, 4.69) is 9.97 Å². The Morgan fingerprint density at radius 2 is 1.90 bits per heavy atom. The number of nitrogens with zero attached hydrogens (tertiary/aromatic N) is 2. The molecule has 1 heterocycles. The molecule has 4 N–H and O–H groups in total. The highest BCUT2D eigenvalue weighted by Gasteiger charge is 2.17. The fourth-order valence-corrected chi connectivity index (χ4v) is 2.38. The van der Waals surface area contributed by atoms with Crippen LogP contribution in [0.1, 0.15) is 31.2 Å². The van der Waals surface area contributed by atoms with Crippen molar-refractivity contribution in [2.45, 2.75) is 26.3 Å². The molecule has 0 fully saturated rings. The van der Waals surface area contributed by atoms with E-state index in [1.807, 2.05) is 19.9 Å². The lowest BCUT2D eigenvalue weighted by Gasteiger charge is -2.14. The Labute approximate surface area is 128 Å². The maximum atomic E-state index is 6.25. The summed E-state index contributed by atoms with van der Waals surface area (Å²) < 4.78 is 0. The summed E-state index contributed by atoms with van der Waals surface area (Å²) in [4.78, 5) is 8.86. The number of nitrogens with two attached hydrogens (primary N) is 2. The maximum Gasteiger partial charge on any atom is 0.133 e. The summed E-state index contributed by atoms with van der Waals surface area (Å²) in [5, 5.41) is 1.08. The third-order valence-electron chi connectivity index (χ3n) is 2.96. The van der Waals surface area contributed by atoms with E-state index >= 15 is 0 Å². The molecular weight excluding hydrogens is 295 g/mol. The van der Waals surface area contributed by atoms with Crippen LogP contribution >= 0.6 is 23.2 Å². The molecule has 0 spiro atoms. The molecular formula is C14H16Cl2N4. The van der Waals surface area contributed by atoms with Crippen molar-refractivity contribution in [2.75, 3.05) is 5.73 Å². The van der Waals surface area contributed by atoms with Crippen molar-refractivity contribution in [1.82, 2.24) is 9.97 Å². The zero-order valence-corrected chi connectivity index (χ0v) is 12.8. The summed E-state index contributed by atoms with van der Waals surface area (Å²) in [7, 11) is 0. The van der Waals surface area contributed by atoms with E-state index in [1.54, 1.807) is 12.1 Å². The second-order valence-electron chi connectivity index (χ2n) is 4.78. The van der Waals surface area contributed by atoms with Crippen LogP contribution in [-0.4, -0.2) is 9.97 Å². The van der Waals surface area contributed by atoms with Gasteiger partial charge in [0.2, 0.25) is 0 Å². The van der Waals surface area contributed by atoms with Crippen molar-refractivity contribution < 1.29 is 0 Å². The van der Waals surface area contributed by atoms with Crippen LogP contribution < -0.4 is 11.5 Å². The van der Waals surface area contributed by atoms with E-state index < -0.39 is 0 Å². The monoisotopic (exact) mass is 310 g/mol. The third-order valence-corrected chi connectivity index (χ3v) is 3.51. The number of aromatic nitrogens is 2. The minimum Gasteiger partial charge on any atom is -0.383 e. The highest BCUT2D eigenvalue weighted by Crippen LogP contribution is 2.33. The Morgan fingerprint density at radius 1 is 1.20 bits per heavy atom. The predicted octanol–water partition coefficient (Wildman–Crippen LogP) is 3.61. The van der Waals surface area contributed by atoms with E-state index in [1.165, 1.54) is 0 Å². The van der Waals surface area contributed by atoms with Crippen LogP contribution in [-0.2, 0) is 6.54 Å². The molecule has 0 radical (unpaired) electrons. The van der Waals surface area contributed by atoms with Crippen molar-refractivity contribution in [2.24, 2.45) is 5.73 Å². The van der Waals surface area contributed by atoms with Gasteiger partial charge in [-0.15, -0.1) is 0 Å². The summed E-state index contributed by atoms with van der Waals surface area (Å²) in [5.74, 6) is 1.22. The molecule has 0 saturated heterocycles. The molecule has 1 aromatic heterocycles. The number of hydrogen-bond donors (Lipinski definition) is 2. The maximum absolute atomic E-state index is 6.25. The Balaban J connectivity index is 2.70. The van der Waals surface area contributed by atoms with E-state index in [0.29, 0.717) is 32.9 Å². The second kappa shape index (κ2) is 5.95. The predicted molar refractivity (Wildman–Crippen MR) is 83.9 cm³/mol. The summed E-state index contributed by atoms with van der Waals surface area (Å²) >= 11 is 12.2. The van der Waals surface area contributed by atoms with Gasteiger partial charge in [0.05, 0.1) is 10.7 Å². The van der Waals surface area contributed by atoms with Gasteiger partial charge in [-0.05, 0) is 18.2 Å². The quantitative estimate of drug-likeness (QED) is 0.907. The average Bonchev–Trinajstić information content (AvgIpc) is 2.37. The molecule has 106 valence electrons. The van der Waals surface area contributed by atoms with Crippen molar-refractivity contribution in [3.8, 4) is 11.3 Å². The van der Waals surface area contributed by atoms with Crippen molar-refractivity contribution in [3.63, 3.8) is 0 Å². The molecule has 1 aromatic carbocycles. The fraction of sp³-hybridized carbons (Fsp3) is 0.286. The lowest BCUT2D eigenvalue weighted by atomic mass is 10.0. The van der Waals surface area contributed by atoms with Gasteiger partial charge in [0.1, 0.15) is 11.6 Å². The normalized spacial score (nSPS) is 11.1. The smallest absolute Gasteiger partial charge is 0.133 e. The summed E-state index contributed by atoms with van der Waals surface area (Å²) in [6, 6.07) is 5.25. The van der Waals surface area contributed by atoms with E-state index in [-0.39, 0.29) is 12.5 Å². The van der Waals surface area contributed by atoms with Crippen LogP contribution in [0.2, 0.25) is 10.0 Å². The van der Waals surface area contributed by atoms with E-state index in [0.717, 1.165) is 5.56 Å². The molecule has 0 saturated carbocycles. The summed E-state index contributed by atoms with van der Waals surface area (Å²) in [5.41, 5.74) is 13.9. The first-order valence-electron chi connectivity index (χ1n) is 6.25. The van der Waals surface area contributed by atoms with Crippen molar-refractivity contribution >= 4 is 29.0 Å². The number of hydrogen-bond acceptors (Lipinski definition) is 4. The molecule has 0 aliphatic rings. The van der Waals surface area contributed by atoms with Gasteiger partial charge in [0.25, 0.3) is 0 Å². The standard InChI is InChI=1S/C14H16Cl2N4/c1-7(2)14-19-12(10(6-17)13(18)20-14)9-4-3-8(15)5-11(9)16/h3-5,7H,6,17H2,1-2H3,(H2,18,19,20). The zero-order chi connectivity index (χ0) is 14.9. The van der Waals surface area contributed by atoms with Gasteiger partial charge in [-0.3, -0.25) is 0 Å².